The summed E-state index contributed by atoms with van der Waals surface area (Å²) in [7, 11) is 0. The Bertz CT molecular complexity index is 4930. The first-order valence-electron chi connectivity index (χ1n) is 32.0. The van der Waals surface area contributed by atoms with Gasteiger partial charge in [0, 0.05) is 71.9 Å². The molecule has 0 amide bonds. The van der Waals surface area contributed by atoms with Crippen LogP contribution in [0.2, 0.25) is 0 Å². The van der Waals surface area contributed by atoms with E-state index in [1.165, 1.54) is 33.4 Å². The summed E-state index contributed by atoms with van der Waals surface area (Å²) < 4.78 is 4.73. The number of aromatic nitrogens is 2. The molecule has 2 heterocycles. The van der Waals surface area contributed by atoms with Crippen molar-refractivity contribution in [1.82, 2.24) is 9.13 Å². The quantitative estimate of drug-likeness (QED) is 0.152. The molecule has 15 rings (SSSR count). The first-order valence-corrected chi connectivity index (χ1v) is 32.0. The van der Waals surface area contributed by atoms with Crippen LogP contribution >= 0.6 is 0 Å². The Balaban J connectivity index is 1.15. The maximum atomic E-state index is 12.8. The zero-order chi connectivity index (χ0) is 63.3. The summed E-state index contributed by atoms with van der Waals surface area (Å²) in [6, 6.07) is 89.6. The third kappa shape index (κ3) is 8.08. The molecule has 1 spiro atoms. The number of hydrogen-bond acceptors (Lipinski definition) is 4. The smallest absolute Gasteiger partial charge is 0.103 e. The minimum atomic E-state index is -0.840. The monoisotopic (exact) mass is 1180 g/mol. The number of hydrogen-bond donors (Lipinski definition) is 0. The molecule has 0 radical (unpaired) electrons. The van der Waals surface area contributed by atoms with Crippen LogP contribution in [0.3, 0.4) is 0 Å². The van der Waals surface area contributed by atoms with Crippen LogP contribution in [0.25, 0.3) is 66.1 Å². The number of anilines is 6. The number of benzene rings is 11. The highest BCUT2D eigenvalue weighted by Crippen LogP contribution is 2.75. The molecule has 6 nitrogen and oxygen atoms in total. The normalized spacial score (nSPS) is 14.4. The lowest BCUT2D eigenvalue weighted by Crippen LogP contribution is -2.51. The minimum absolute atomic E-state index is 0.190. The van der Waals surface area contributed by atoms with Crippen molar-refractivity contribution in [3.05, 3.63) is 286 Å². The Morgan fingerprint density at radius 1 is 0.374 bits per heavy atom. The maximum Gasteiger partial charge on any atom is 0.103 e. The average molecular weight is 1180 g/mol. The summed E-state index contributed by atoms with van der Waals surface area (Å²) in [6.45, 7) is 28.1. The Labute approximate surface area is 535 Å². The lowest BCUT2D eigenvalue weighted by molar-refractivity contribution is 0.231. The Hall–Kier alpha value is -10.4. The van der Waals surface area contributed by atoms with Crippen molar-refractivity contribution in [3.8, 4) is 34.6 Å². The maximum absolute atomic E-state index is 12.8. The van der Waals surface area contributed by atoms with E-state index in [-0.39, 0.29) is 10.8 Å². The molecular weight excluding hydrogens is 1100 g/mol. The zero-order valence-corrected chi connectivity index (χ0v) is 54.1. The fourth-order valence-electron chi connectivity index (χ4n) is 16.7. The predicted molar refractivity (Wildman–Crippen MR) is 380 cm³/mol. The van der Waals surface area contributed by atoms with Gasteiger partial charge in [0.1, 0.15) is 12.1 Å². The molecule has 0 unspecified atom stereocenters. The van der Waals surface area contributed by atoms with Crippen LogP contribution in [-0.4, -0.2) is 9.13 Å². The van der Waals surface area contributed by atoms with Gasteiger partial charge in [-0.3, -0.25) is 0 Å². The van der Waals surface area contributed by atoms with E-state index in [0.29, 0.717) is 22.5 Å². The van der Waals surface area contributed by atoms with E-state index in [1.807, 2.05) is 0 Å². The third-order valence-corrected chi connectivity index (χ3v) is 20.7. The molecule has 0 saturated carbocycles. The van der Waals surface area contributed by atoms with Gasteiger partial charge in [0.15, 0.2) is 0 Å². The number of rotatable bonds is 8. The second-order valence-electron chi connectivity index (χ2n) is 28.5. The number of nitrogens with zero attached hydrogens (tertiary/aromatic N) is 6. The number of aryl methyl sites for hydroxylation is 2. The van der Waals surface area contributed by atoms with E-state index in [9.17, 15) is 10.5 Å². The van der Waals surface area contributed by atoms with Crippen molar-refractivity contribution < 1.29 is 0 Å². The summed E-state index contributed by atoms with van der Waals surface area (Å²) in [5.74, 6) is 0. The van der Waals surface area contributed by atoms with E-state index in [4.69, 9.17) is 0 Å². The van der Waals surface area contributed by atoms with Crippen LogP contribution in [0.5, 0.6) is 0 Å². The zero-order valence-electron chi connectivity index (χ0n) is 54.1. The lowest BCUT2D eigenvalue weighted by Gasteiger charge is -2.50. The van der Waals surface area contributed by atoms with Gasteiger partial charge in [-0.1, -0.05) is 227 Å². The largest absolute Gasteiger partial charge is 0.309 e. The molecule has 0 atom stereocenters. The van der Waals surface area contributed by atoms with Crippen LogP contribution in [0.4, 0.5) is 34.1 Å². The van der Waals surface area contributed by atoms with Gasteiger partial charge in [-0.05, 0) is 153 Å². The molecule has 444 valence electrons. The van der Waals surface area contributed by atoms with Gasteiger partial charge >= 0.3 is 0 Å². The average Bonchev–Trinajstić information content (AvgIpc) is 1.47. The summed E-state index contributed by atoms with van der Waals surface area (Å²) in [6.07, 6.45) is 0. The minimum Gasteiger partial charge on any atom is -0.309 e. The van der Waals surface area contributed by atoms with Gasteiger partial charge in [-0.15, -0.1) is 0 Å². The SMILES string of the molecule is Cc1ccccc1N(c1ccc2c3ccccc3n(-c3ccccc3)c2c1)c1c(C#N)c(C#N)c(N(c2ccc3c4ccccc4n(-c4ccccc4)c3c2)c2ccccc2C)c2c1C(C)(C)C1(c3cc(C(C)(C)C)ccc3-c3ccc(C(C)(C)C)cc31)C2(C)C. The summed E-state index contributed by atoms with van der Waals surface area (Å²) in [5, 5.41) is 30.1. The standard InChI is InChI=1S/C85H74N6/c1-53-27-19-23-35-71(53)90(59-41-45-65-63-33-21-25-37-73(63)88(75(65)49-59)57-29-15-13-16-30-57)79-67(51-86)68(52-87)80(91(72-36-24-20-28-54(72)2)60-42-46-66-64-34-22-26-38-74(64)89(76(66)50-60)58-31-17-14-18-32-58)78-77(79)83(9,10)85(84(78,11)12)69-47-55(81(3,4)5)39-43-61(69)62-44-40-56(48-70(62)85)82(6,7)8/h13-50H,1-12H3. The molecule has 0 fully saturated rings. The third-order valence-electron chi connectivity index (χ3n) is 20.7. The van der Waals surface area contributed by atoms with E-state index in [2.05, 4.69) is 345 Å². The second kappa shape index (κ2) is 20.3. The van der Waals surface area contributed by atoms with Crippen LogP contribution in [0, 0.1) is 36.5 Å². The predicted octanol–water partition coefficient (Wildman–Crippen LogP) is 22.3. The molecule has 2 aromatic heterocycles. The molecule has 13 aromatic rings. The Morgan fingerprint density at radius 2 is 0.725 bits per heavy atom. The first-order chi connectivity index (χ1) is 43.7. The summed E-state index contributed by atoms with van der Waals surface area (Å²) in [4.78, 5) is 4.72. The molecule has 6 heteroatoms. The van der Waals surface area contributed by atoms with Gasteiger partial charge in [-0.25, -0.2) is 0 Å². The topological polar surface area (TPSA) is 63.9 Å². The molecular formula is C85H74N6. The van der Waals surface area contributed by atoms with Crippen molar-refractivity contribution in [1.29, 1.82) is 10.5 Å². The molecule has 0 N–H and O–H groups in total. The molecule has 2 aliphatic carbocycles. The van der Waals surface area contributed by atoms with Crippen LogP contribution in [0.15, 0.2) is 231 Å². The van der Waals surface area contributed by atoms with Gasteiger partial charge in [0.05, 0.1) is 44.6 Å². The number of para-hydroxylation sites is 6. The number of fused-ring (bicyclic) bond motifs is 12. The highest BCUT2D eigenvalue weighted by molar-refractivity contribution is 6.12. The fourth-order valence-corrected chi connectivity index (χ4v) is 16.7. The number of nitriles is 2. The first kappa shape index (κ1) is 57.1. The van der Waals surface area contributed by atoms with Crippen molar-refractivity contribution in [2.75, 3.05) is 9.80 Å². The van der Waals surface area contributed by atoms with Gasteiger partial charge in [0.25, 0.3) is 0 Å². The highest BCUT2D eigenvalue weighted by Gasteiger charge is 2.69. The van der Waals surface area contributed by atoms with Gasteiger partial charge in [0.2, 0.25) is 0 Å². The highest BCUT2D eigenvalue weighted by atomic mass is 15.2. The molecule has 0 saturated heterocycles. The fraction of sp³-hybridized carbons (Fsp3) is 0.200. The van der Waals surface area contributed by atoms with Crippen molar-refractivity contribution in [3.63, 3.8) is 0 Å². The van der Waals surface area contributed by atoms with E-state index >= 15 is 0 Å². The van der Waals surface area contributed by atoms with Crippen molar-refractivity contribution >= 4 is 77.7 Å². The van der Waals surface area contributed by atoms with Gasteiger partial charge in [-0.2, -0.15) is 10.5 Å². The van der Waals surface area contributed by atoms with Crippen molar-refractivity contribution in [2.24, 2.45) is 0 Å². The molecule has 0 bridgehead atoms. The molecule has 11 aromatic carbocycles. The van der Waals surface area contributed by atoms with E-state index in [0.717, 1.165) is 100.0 Å². The van der Waals surface area contributed by atoms with E-state index < -0.39 is 16.2 Å². The Morgan fingerprint density at radius 3 is 1.10 bits per heavy atom. The summed E-state index contributed by atoms with van der Waals surface area (Å²) >= 11 is 0. The lowest BCUT2D eigenvalue weighted by atomic mass is 9.52. The van der Waals surface area contributed by atoms with Crippen LogP contribution in [-0.2, 0) is 27.1 Å². The molecule has 2 aliphatic rings. The van der Waals surface area contributed by atoms with Crippen molar-refractivity contribution in [2.45, 2.75) is 110 Å². The van der Waals surface area contributed by atoms with Crippen LogP contribution in [0.1, 0.15) is 125 Å². The molecule has 91 heavy (non-hydrogen) atoms. The van der Waals surface area contributed by atoms with Crippen LogP contribution < -0.4 is 9.80 Å². The van der Waals surface area contributed by atoms with Gasteiger partial charge < -0.3 is 18.9 Å². The summed E-state index contributed by atoms with van der Waals surface area (Å²) in [5.41, 5.74) is 20.7. The van der Waals surface area contributed by atoms with E-state index in [1.54, 1.807) is 0 Å². The molecule has 0 aliphatic heterocycles. The second-order valence-corrected chi connectivity index (χ2v) is 28.5. The Kier molecular flexibility index (Phi) is 12.7.